The predicted octanol–water partition coefficient (Wildman–Crippen LogP) is 1.73. The van der Waals surface area contributed by atoms with Crippen LogP contribution in [0, 0.1) is 16.7 Å². The number of hydrogen-bond donors (Lipinski definition) is 2. The second kappa shape index (κ2) is 6.89. The molecule has 1 unspecified atom stereocenters. The smallest absolute Gasteiger partial charge is 0.242 e. The highest BCUT2D eigenvalue weighted by atomic mass is 16.2. The Bertz CT molecular complexity index is 550. The summed E-state index contributed by atoms with van der Waals surface area (Å²) in [5.74, 6) is -0.402. The molecule has 0 saturated carbocycles. The minimum atomic E-state index is -0.588. The summed E-state index contributed by atoms with van der Waals surface area (Å²) in [6, 6.07) is 8.43. The van der Waals surface area contributed by atoms with Gasteiger partial charge >= 0.3 is 0 Å². The van der Waals surface area contributed by atoms with Crippen LogP contribution in [0.2, 0.25) is 0 Å². The molecule has 1 aromatic rings. The molecule has 0 saturated heterocycles. The Morgan fingerprint density at radius 2 is 1.81 bits per heavy atom. The lowest BCUT2D eigenvalue weighted by Crippen LogP contribution is -2.48. The summed E-state index contributed by atoms with van der Waals surface area (Å²) in [6.45, 7) is 7.40. The van der Waals surface area contributed by atoms with Crippen molar-refractivity contribution in [3.63, 3.8) is 0 Å². The maximum absolute atomic E-state index is 11.9. The molecule has 0 bridgehead atoms. The minimum Gasteiger partial charge on any atom is -0.350 e. The van der Waals surface area contributed by atoms with Crippen molar-refractivity contribution in [2.75, 3.05) is 0 Å². The second-order valence-corrected chi connectivity index (χ2v) is 5.97. The van der Waals surface area contributed by atoms with Crippen LogP contribution in [0.15, 0.2) is 24.3 Å². The Kier molecular flexibility index (Phi) is 5.48. The maximum atomic E-state index is 11.9. The molecular weight excluding hydrogens is 266 g/mol. The number of amides is 2. The largest absolute Gasteiger partial charge is 0.350 e. The van der Waals surface area contributed by atoms with Crippen molar-refractivity contribution >= 4 is 11.8 Å². The number of nitriles is 1. The van der Waals surface area contributed by atoms with E-state index in [-0.39, 0.29) is 11.8 Å². The van der Waals surface area contributed by atoms with E-state index < -0.39 is 11.5 Å². The summed E-state index contributed by atoms with van der Waals surface area (Å²) < 4.78 is 0. The molecule has 21 heavy (non-hydrogen) atoms. The number of benzene rings is 1. The van der Waals surface area contributed by atoms with Crippen molar-refractivity contribution in [1.82, 2.24) is 10.6 Å². The molecule has 2 amide bonds. The van der Waals surface area contributed by atoms with Crippen molar-refractivity contribution in [2.24, 2.45) is 5.41 Å². The SMILES string of the molecule is CC(NC(=O)C(C)(C)C)C(=O)NCc1ccc(C#N)cc1. The molecule has 0 aliphatic rings. The summed E-state index contributed by atoms with van der Waals surface area (Å²) >= 11 is 0. The van der Waals surface area contributed by atoms with E-state index in [0.29, 0.717) is 12.1 Å². The first-order chi connectivity index (χ1) is 9.74. The molecule has 0 aliphatic heterocycles. The quantitative estimate of drug-likeness (QED) is 0.884. The van der Waals surface area contributed by atoms with E-state index in [4.69, 9.17) is 5.26 Å². The van der Waals surface area contributed by atoms with Gasteiger partial charge in [0, 0.05) is 12.0 Å². The Labute approximate surface area is 125 Å². The summed E-state index contributed by atoms with van der Waals surface area (Å²) in [5, 5.41) is 14.1. The van der Waals surface area contributed by atoms with Crippen molar-refractivity contribution in [3.8, 4) is 6.07 Å². The average molecular weight is 287 g/mol. The highest BCUT2D eigenvalue weighted by molar-refractivity contribution is 5.89. The van der Waals surface area contributed by atoms with Crippen LogP contribution in [-0.2, 0) is 16.1 Å². The third-order valence-corrected chi connectivity index (χ3v) is 2.97. The van der Waals surface area contributed by atoms with Crippen LogP contribution in [0.1, 0.15) is 38.8 Å². The van der Waals surface area contributed by atoms with Crippen molar-refractivity contribution in [1.29, 1.82) is 5.26 Å². The van der Waals surface area contributed by atoms with E-state index in [1.54, 1.807) is 52.0 Å². The fourth-order valence-electron chi connectivity index (χ4n) is 1.52. The molecule has 0 fully saturated rings. The van der Waals surface area contributed by atoms with Crippen LogP contribution in [0.25, 0.3) is 0 Å². The van der Waals surface area contributed by atoms with Crippen molar-refractivity contribution in [3.05, 3.63) is 35.4 Å². The Morgan fingerprint density at radius 3 is 2.29 bits per heavy atom. The zero-order valence-corrected chi connectivity index (χ0v) is 12.9. The third-order valence-electron chi connectivity index (χ3n) is 2.97. The van der Waals surface area contributed by atoms with Crippen LogP contribution in [0.5, 0.6) is 0 Å². The average Bonchev–Trinajstić information content (AvgIpc) is 2.44. The van der Waals surface area contributed by atoms with Crippen LogP contribution in [-0.4, -0.2) is 17.9 Å². The van der Waals surface area contributed by atoms with Gasteiger partial charge in [-0.1, -0.05) is 32.9 Å². The molecule has 0 spiro atoms. The van der Waals surface area contributed by atoms with Gasteiger partial charge < -0.3 is 10.6 Å². The number of carbonyl (C=O) groups is 2. The zero-order chi connectivity index (χ0) is 16.0. The highest BCUT2D eigenvalue weighted by Crippen LogP contribution is 2.12. The predicted molar refractivity (Wildman–Crippen MR) is 80.1 cm³/mol. The van der Waals surface area contributed by atoms with E-state index in [2.05, 4.69) is 10.6 Å². The van der Waals surface area contributed by atoms with E-state index in [0.717, 1.165) is 5.56 Å². The molecule has 0 aliphatic carbocycles. The van der Waals surface area contributed by atoms with Crippen molar-refractivity contribution < 1.29 is 9.59 Å². The van der Waals surface area contributed by atoms with E-state index in [1.165, 1.54) is 0 Å². The first kappa shape index (κ1) is 16.7. The first-order valence-corrected chi connectivity index (χ1v) is 6.82. The molecule has 1 aromatic carbocycles. The molecule has 0 aromatic heterocycles. The third kappa shape index (κ3) is 5.27. The number of carbonyl (C=O) groups excluding carboxylic acids is 2. The summed E-state index contributed by atoms with van der Waals surface area (Å²) in [4.78, 5) is 23.7. The number of rotatable bonds is 4. The zero-order valence-electron chi connectivity index (χ0n) is 12.9. The van der Waals surface area contributed by atoms with E-state index in [9.17, 15) is 9.59 Å². The fourth-order valence-corrected chi connectivity index (χ4v) is 1.52. The molecule has 112 valence electrons. The van der Waals surface area contributed by atoms with Gasteiger partial charge in [-0.25, -0.2) is 0 Å². The van der Waals surface area contributed by atoms with Gasteiger partial charge in [-0.15, -0.1) is 0 Å². The fraction of sp³-hybridized carbons (Fsp3) is 0.438. The molecule has 0 heterocycles. The lowest BCUT2D eigenvalue weighted by atomic mass is 9.95. The number of nitrogens with one attached hydrogen (secondary N) is 2. The highest BCUT2D eigenvalue weighted by Gasteiger charge is 2.24. The number of nitrogens with zero attached hydrogens (tertiary/aromatic N) is 1. The van der Waals surface area contributed by atoms with Gasteiger partial charge in [0.2, 0.25) is 11.8 Å². The standard InChI is InChI=1S/C16H21N3O2/c1-11(19-15(21)16(2,3)4)14(20)18-10-13-7-5-12(9-17)6-8-13/h5-8,11H,10H2,1-4H3,(H,18,20)(H,19,21). The van der Waals surface area contributed by atoms with Crippen LogP contribution in [0.4, 0.5) is 0 Å². The van der Waals surface area contributed by atoms with Gasteiger partial charge in [0.15, 0.2) is 0 Å². The van der Waals surface area contributed by atoms with Crippen LogP contribution >= 0.6 is 0 Å². The van der Waals surface area contributed by atoms with Gasteiger partial charge in [-0.05, 0) is 24.6 Å². The lowest BCUT2D eigenvalue weighted by Gasteiger charge is -2.21. The topological polar surface area (TPSA) is 82.0 Å². The minimum absolute atomic E-state index is 0.163. The molecule has 1 rings (SSSR count). The molecule has 1 atom stereocenters. The molecule has 2 N–H and O–H groups in total. The lowest BCUT2D eigenvalue weighted by molar-refractivity contribution is -0.133. The molecule has 0 radical (unpaired) electrons. The summed E-state index contributed by atoms with van der Waals surface area (Å²) in [5.41, 5.74) is 0.953. The maximum Gasteiger partial charge on any atom is 0.242 e. The van der Waals surface area contributed by atoms with E-state index >= 15 is 0 Å². The summed E-state index contributed by atoms with van der Waals surface area (Å²) in [7, 11) is 0. The Morgan fingerprint density at radius 1 is 1.24 bits per heavy atom. The monoisotopic (exact) mass is 287 g/mol. The Balaban J connectivity index is 2.49. The summed E-state index contributed by atoms with van der Waals surface area (Å²) in [6.07, 6.45) is 0. The van der Waals surface area contributed by atoms with Crippen molar-refractivity contribution in [2.45, 2.75) is 40.3 Å². The second-order valence-electron chi connectivity index (χ2n) is 5.97. The van der Waals surface area contributed by atoms with Gasteiger partial charge in [0.05, 0.1) is 11.6 Å². The van der Waals surface area contributed by atoms with Gasteiger partial charge in [0.25, 0.3) is 0 Å². The Hall–Kier alpha value is -2.35. The van der Waals surface area contributed by atoms with Crippen LogP contribution in [0.3, 0.4) is 0 Å². The number of hydrogen-bond acceptors (Lipinski definition) is 3. The van der Waals surface area contributed by atoms with Gasteiger partial charge in [-0.2, -0.15) is 5.26 Å². The molecule has 5 nitrogen and oxygen atoms in total. The van der Waals surface area contributed by atoms with Gasteiger partial charge in [0.1, 0.15) is 6.04 Å². The van der Waals surface area contributed by atoms with Gasteiger partial charge in [-0.3, -0.25) is 9.59 Å². The molecule has 5 heteroatoms. The van der Waals surface area contributed by atoms with Crippen LogP contribution < -0.4 is 10.6 Å². The normalized spacial score (nSPS) is 12.1. The molecular formula is C16H21N3O2. The van der Waals surface area contributed by atoms with E-state index in [1.807, 2.05) is 6.07 Å². The first-order valence-electron chi connectivity index (χ1n) is 6.82.